The van der Waals surface area contributed by atoms with Crippen molar-refractivity contribution in [3.8, 4) is 0 Å². The lowest BCUT2D eigenvalue weighted by molar-refractivity contribution is -0.118. The van der Waals surface area contributed by atoms with Gasteiger partial charge in [0.25, 0.3) is 0 Å². The van der Waals surface area contributed by atoms with E-state index >= 15 is 0 Å². The van der Waals surface area contributed by atoms with Gasteiger partial charge in [0.05, 0.1) is 5.25 Å². The molecule has 0 saturated carbocycles. The van der Waals surface area contributed by atoms with Gasteiger partial charge in [0.2, 0.25) is 5.91 Å². The fraction of sp³-hybridized carbons (Fsp3) is 0.308. The molecule has 6 heteroatoms. The Morgan fingerprint density at radius 3 is 2.89 bits per heavy atom. The van der Waals surface area contributed by atoms with Gasteiger partial charge in [0.15, 0.2) is 5.17 Å². The van der Waals surface area contributed by atoms with Gasteiger partial charge in [-0.3, -0.25) is 4.79 Å². The predicted octanol–water partition coefficient (Wildman–Crippen LogP) is 2.76. The quantitative estimate of drug-likeness (QED) is 0.516. The molecule has 0 aromatic heterocycles. The molecule has 1 N–H and O–H groups in total. The number of amides is 1. The number of hydrogen-bond donors (Lipinski definition) is 1. The number of carbonyl (C=O) groups excluding carboxylic acids is 1. The highest BCUT2D eigenvalue weighted by Crippen LogP contribution is 2.21. The van der Waals surface area contributed by atoms with E-state index in [4.69, 9.17) is 0 Å². The van der Waals surface area contributed by atoms with E-state index in [0.29, 0.717) is 5.17 Å². The number of nitrogens with zero attached hydrogens (tertiary/aromatic N) is 2. The number of hydrogen-bond acceptors (Lipinski definition) is 5. The van der Waals surface area contributed by atoms with Gasteiger partial charge in [0.1, 0.15) is 0 Å². The first-order valence-electron chi connectivity index (χ1n) is 6.04. The van der Waals surface area contributed by atoms with Gasteiger partial charge in [-0.25, -0.2) is 0 Å². The van der Waals surface area contributed by atoms with Crippen molar-refractivity contribution in [2.24, 2.45) is 10.2 Å². The number of nitrogens with one attached hydrogen (secondary N) is 1. The molecule has 0 aliphatic carbocycles. The summed E-state index contributed by atoms with van der Waals surface area (Å²) < 4.78 is 0. The molecule has 1 aromatic carbocycles. The van der Waals surface area contributed by atoms with Gasteiger partial charge in [-0.1, -0.05) is 36.9 Å². The van der Waals surface area contributed by atoms with E-state index in [9.17, 15) is 4.79 Å². The molecule has 1 aromatic rings. The van der Waals surface area contributed by atoms with Crippen LogP contribution in [0.25, 0.3) is 0 Å². The topological polar surface area (TPSA) is 53.8 Å². The Bertz CT molecular complexity index is 488. The largest absolute Gasteiger partial charge is 0.303 e. The minimum absolute atomic E-state index is 0.0207. The Labute approximate surface area is 121 Å². The van der Waals surface area contributed by atoms with E-state index < -0.39 is 0 Å². The molecule has 2 rings (SSSR count). The molecule has 1 amide bonds. The van der Waals surface area contributed by atoms with Crippen molar-refractivity contribution in [3.05, 3.63) is 30.3 Å². The van der Waals surface area contributed by atoms with E-state index in [1.807, 2.05) is 25.1 Å². The second-order valence-electron chi connectivity index (χ2n) is 3.83. The lowest BCUT2D eigenvalue weighted by Gasteiger charge is -1.96. The maximum absolute atomic E-state index is 11.4. The summed E-state index contributed by atoms with van der Waals surface area (Å²) in [5, 5.41) is 11.3. The van der Waals surface area contributed by atoms with Crippen molar-refractivity contribution >= 4 is 40.8 Å². The number of carbonyl (C=O) groups is 1. The van der Waals surface area contributed by atoms with Crippen LogP contribution in [0.2, 0.25) is 0 Å². The predicted molar refractivity (Wildman–Crippen MR) is 82.9 cm³/mol. The fourth-order valence-corrected chi connectivity index (χ4v) is 3.04. The monoisotopic (exact) mass is 293 g/mol. The molecule has 1 saturated heterocycles. The lowest BCUT2D eigenvalue weighted by atomic mass is 10.3. The van der Waals surface area contributed by atoms with Crippen LogP contribution >= 0.6 is 23.5 Å². The zero-order valence-corrected chi connectivity index (χ0v) is 12.2. The van der Waals surface area contributed by atoms with E-state index in [1.165, 1.54) is 16.7 Å². The minimum atomic E-state index is -0.0207. The summed E-state index contributed by atoms with van der Waals surface area (Å²) in [7, 11) is 0. The Morgan fingerprint density at radius 2 is 2.21 bits per heavy atom. The zero-order valence-electron chi connectivity index (χ0n) is 10.6. The average molecular weight is 293 g/mol. The highest BCUT2D eigenvalue weighted by molar-refractivity contribution is 8.15. The third kappa shape index (κ3) is 4.40. The summed E-state index contributed by atoms with van der Waals surface area (Å²) in [6.45, 7) is 1.99. The lowest BCUT2D eigenvalue weighted by Crippen LogP contribution is -2.24. The smallest absolute Gasteiger partial charge is 0.239 e. The number of thioether (sulfide) groups is 2. The first kappa shape index (κ1) is 14.1. The van der Waals surface area contributed by atoms with E-state index in [-0.39, 0.29) is 11.2 Å². The first-order valence-corrected chi connectivity index (χ1v) is 7.91. The van der Waals surface area contributed by atoms with Crippen LogP contribution in [0.1, 0.15) is 13.3 Å². The summed E-state index contributed by atoms with van der Waals surface area (Å²) >= 11 is 3.14. The van der Waals surface area contributed by atoms with E-state index in [0.717, 1.165) is 12.2 Å². The third-order valence-electron chi connectivity index (χ3n) is 2.45. The minimum Gasteiger partial charge on any atom is -0.303 e. The molecule has 0 radical (unpaired) electrons. The Hall–Kier alpha value is -1.27. The van der Waals surface area contributed by atoms with Crippen LogP contribution in [-0.2, 0) is 4.79 Å². The standard InChI is InChI=1S/C13H15N3OS2/c1-2-11-12(17)15-13(19-11)16-14-8-9-18-10-6-4-3-5-7-10/h3-8,11H,2,9H2,1H3,(H,15,16,17)/b14-8+. The van der Waals surface area contributed by atoms with Crippen LogP contribution in [-0.4, -0.2) is 28.3 Å². The molecule has 19 heavy (non-hydrogen) atoms. The van der Waals surface area contributed by atoms with Crippen molar-refractivity contribution < 1.29 is 4.79 Å². The maximum Gasteiger partial charge on any atom is 0.239 e. The summed E-state index contributed by atoms with van der Waals surface area (Å²) in [6.07, 6.45) is 2.56. The van der Waals surface area contributed by atoms with Crippen molar-refractivity contribution in [1.82, 2.24) is 5.32 Å². The van der Waals surface area contributed by atoms with Crippen LogP contribution in [0.4, 0.5) is 0 Å². The van der Waals surface area contributed by atoms with Gasteiger partial charge in [-0.2, -0.15) is 5.10 Å². The van der Waals surface area contributed by atoms with Crippen molar-refractivity contribution in [2.45, 2.75) is 23.5 Å². The van der Waals surface area contributed by atoms with Crippen molar-refractivity contribution in [2.75, 3.05) is 5.75 Å². The van der Waals surface area contributed by atoms with Gasteiger partial charge < -0.3 is 5.32 Å². The highest BCUT2D eigenvalue weighted by Gasteiger charge is 2.28. The number of amidine groups is 1. The third-order valence-corrected chi connectivity index (χ3v) is 4.61. The Morgan fingerprint density at radius 1 is 1.42 bits per heavy atom. The maximum atomic E-state index is 11.4. The van der Waals surface area contributed by atoms with E-state index in [1.54, 1.807) is 18.0 Å². The number of rotatable bonds is 5. The molecule has 1 unspecified atom stereocenters. The van der Waals surface area contributed by atoms with Gasteiger partial charge in [-0.05, 0) is 18.6 Å². The normalized spacial score (nSPS) is 21.2. The Kier molecular flexibility index (Phi) is 5.47. The molecule has 1 atom stereocenters. The second kappa shape index (κ2) is 7.35. The molecule has 1 fully saturated rings. The van der Waals surface area contributed by atoms with Crippen LogP contribution in [0.3, 0.4) is 0 Å². The van der Waals surface area contributed by atoms with Crippen LogP contribution in [0.5, 0.6) is 0 Å². The van der Waals surface area contributed by atoms with Crippen molar-refractivity contribution in [1.29, 1.82) is 0 Å². The van der Waals surface area contributed by atoms with Crippen LogP contribution < -0.4 is 5.32 Å². The zero-order chi connectivity index (χ0) is 13.5. The van der Waals surface area contributed by atoms with E-state index in [2.05, 4.69) is 27.7 Å². The second-order valence-corrected chi connectivity index (χ2v) is 6.12. The van der Waals surface area contributed by atoms with Crippen molar-refractivity contribution in [3.63, 3.8) is 0 Å². The molecule has 1 aliphatic heterocycles. The summed E-state index contributed by atoms with van der Waals surface area (Å²) in [4.78, 5) is 12.6. The molecule has 0 spiro atoms. The van der Waals surface area contributed by atoms with Gasteiger partial charge in [-0.15, -0.1) is 16.9 Å². The Balaban J connectivity index is 1.76. The summed E-state index contributed by atoms with van der Waals surface area (Å²) in [5.74, 6) is 0.788. The van der Waals surface area contributed by atoms with Gasteiger partial charge in [0, 0.05) is 16.9 Å². The molecule has 100 valence electrons. The first-order chi connectivity index (χ1) is 9.29. The SMILES string of the molecule is CCC1SC(=N/N=C/CSc2ccccc2)NC1=O. The molecular formula is C13H15N3OS2. The number of benzene rings is 1. The van der Waals surface area contributed by atoms with Crippen LogP contribution in [0, 0.1) is 0 Å². The van der Waals surface area contributed by atoms with Gasteiger partial charge >= 0.3 is 0 Å². The van der Waals surface area contributed by atoms with Crippen LogP contribution in [0.15, 0.2) is 45.4 Å². The average Bonchev–Trinajstić information content (AvgIpc) is 2.80. The fourth-order valence-electron chi connectivity index (χ4n) is 1.50. The molecule has 0 bridgehead atoms. The molecule has 1 aliphatic rings. The molecular weight excluding hydrogens is 278 g/mol. The highest BCUT2D eigenvalue weighted by atomic mass is 32.2. The molecule has 1 heterocycles. The summed E-state index contributed by atoms with van der Waals surface area (Å²) in [6, 6.07) is 10.1. The summed E-state index contributed by atoms with van der Waals surface area (Å²) in [5.41, 5.74) is 0. The molecule has 4 nitrogen and oxygen atoms in total.